The van der Waals surface area contributed by atoms with Crippen LogP contribution >= 0.6 is 0 Å². The van der Waals surface area contributed by atoms with Gasteiger partial charge in [0, 0.05) is 43.0 Å². The van der Waals surface area contributed by atoms with Gasteiger partial charge in [0.2, 0.25) is 0 Å². The number of nitrogens with zero attached hydrogens (tertiary/aromatic N) is 3. The van der Waals surface area contributed by atoms with Gasteiger partial charge < -0.3 is 14.6 Å². The van der Waals surface area contributed by atoms with Crippen molar-refractivity contribution in [2.45, 2.75) is 0 Å². The van der Waals surface area contributed by atoms with Crippen LogP contribution in [-0.4, -0.2) is 37.0 Å². The second-order valence-electron chi connectivity index (χ2n) is 8.57. The fraction of sp³-hybridized carbons (Fsp3) is 0.0690. The van der Waals surface area contributed by atoms with Crippen LogP contribution in [0.5, 0.6) is 0 Å². The Labute approximate surface area is 224 Å². The molecular formula is C29H25N5O5. The summed E-state index contributed by atoms with van der Waals surface area (Å²) < 4.78 is 5.70. The highest BCUT2D eigenvalue weighted by molar-refractivity contribution is 6.05. The smallest absolute Gasteiger partial charge is 0.287 e. The molecule has 0 aliphatic heterocycles. The van der Waals surface area contributed by atoms with E-state index in [1.54, 1.807) is 60.7 Å². The maximum atomic E-state index is 13.0. The molecule has 0 aliphatic carbocycles. The first-order chi connectivity index (χ1) is 18.8. The van der Waals surface area contributed by atoms with Crippen molar-refractivity contribution in [3.8, 4) is 11.3 Å². The summed E-state index contributed by atoms with van der Waals surface area (Å²) >= 11 is 0. The van der Waals surface area contributed by atoms with Crippen molar-refractivity contribution < 1.29 is 18.9 Å². The van der Waals surface area contributed by atoms with Crippen LogP contribution in [0, 0.1) is 10.1 Å². The minimum atomic E-state index is -0.630. The minimum absolute atomic E-state index is 0.00428. The minimum Gasteiger partial charge on any atom is -0.455 e. The molecular weight excluding hydrogens is 498 g/mol. The number of anilines is 1. The maximum absolute atomic E-state index is 13.0. The third-order valence-corrected chi connectivity index (χ3v) is 5.60. The number of non-ortho nitro benzene ring substituents is 1. The molecule has 2 amide bonds. The summed E-state index contributed by atoms with van der Waals surface area (Å²) in [5, 5.41) is 17.5. The molecule has 0 saturated heterocycles. The number of carbonyl (C=O) groups excluding carboxylic acids is 2. The summed E-state index contributed by atoms with van der Waals surface area (Å²) in [4.78, 5) is 38.1. The van der Waals surface area contributed by atoms with E-state index in [1.165, 1.54) is 18.3 Å². The largest absolute Gasteiger partial charge is 0.455 e. The predicted octanol–water partition coefficient (Wildman–Crippen LogP) is 4.84. The maximum Gasteiger partial charge on any atom is 0.287 e. The van der Waals surface area contributed by atoms with Gasteiger partial charge in [-0.05, 0) is 60.2 Å². The van der Waals surface area contributed by atoms with E-state index in [0.717, 1.165) is 5.69 Å². The van der Waals surface area contributed by atoms with Gasteiger partial charge >= 0.3 is 0 Å². The van der Waals surface area contributed by atoms with Crippen molar-refractivity contribution in [3.05, 3.63) is 124 Å². The van der Waals surface area contributed by atoms with Crippen molar-refractivity contribution in [2.75, 3.05) is 19.0 Å². The van der Waals surface area contributed by atoms with E-state index in [0.29, 0.717) is 28.2 Å². The normalized spacial score (nSPS) is 11.3. The van der Waals surface area contributed by atoms with Gasteiger partial charge in [-0.15, -0.1) is 0 Å². The number of nitro groups is 1. The molecule has 1 heterocycles. The monoisotopic (exact) mass is 523 g/mol. The summed E-state index contributed by atoms with van der Waals surface area (Å²) in [7, 11) is 3.85. The van der Waals surface area contributed by atoms with Gasteiger partial charge in [0.1, 0.15) is 17.2 Å². The van der Waals surface area contributed by atoms with Crippen molar-refractivity contribution >= 4 is 35.5 Å². The van der Waals surface area contributed by atoms with E-state index in [2.05, 4.69) is 15.8 Å². The van der Waals surface area contributed by atoms with Crippen LogP contribution in [-0.2, 0) is 4.79 Å². The van der Waals surface area contributed by atoms with Crippen molar-refractivity contribution in [1.29, 1.82) is 0 Å². The van der Waals surface area contributed by atoms with Crippen LogP contribution in [0.1, 0.15) is 21.7 Å². The first-order valence-electron chi connectivity index (χ1n) is 11.8. The summed E-state index contributed by atoms with van der Waals surface area (Å²) in [6.45, 7) is 0. The number of hydrazone groups is 1. The van der Waals surface area contributed by atoms with Crippen LogP contribution < -0.4 is 15.6 Å². The predicted molar refractivity (Wildman–Crippen MR) is 149 cm³/mol. The van der Waals surface area contributed by atoms with E-state index >= 15 is 0 Å². The first-order valence-corrected chi connectivity index (χ1v) is 11.8. The average Bonchev–Trinajstić information content (AvgIpc) is 3.42. The molecule has 4 rings (SSSR count). The molecule has 10 heteroatoms. The SMILES string of the molecule is CN(C)c1ccc(/C=C(\NC(=O)c2ccccc2)C(=O)N/N=C/c2ccc(-c3ccc([N+](=O)[O-])cc3)o2)cc1. The second-order valence-corrected chi connectivity index (χ2v) is 8.57. The van der Waals surface area contributed by atoms with Crippen molar-refractivity contribution in [2.24, 2.45) is 5.10 Å². The molecule has 0 spiro atoms. The van der Waals surface area contributed by atoms with E-state index in [1.807, 2.05) is 43.3 Å². The molecule has 0 aliphatic rings. The Morgan fingerprint density at radius 1 is 0.923 bits per heavy atom. The van der Waals surface area contributed by atoms with Gasteiger partial charge in [0.05, 0.1) is 11.1 Å². The molecule has 0 atom stereocenters. The van der Waals surface area contributed by atoms with Crippen LogP contribution in [0.2, 0.25) is 0 Å². The zero-order valence-corrected chi connectivity index (χ0v) is 21.2. The molecule has 2 N–H and O–H groups in total. The number of hydrogen-bond donors (Lipinski definition) is 2. The number of rotatable bonds is 9. The highest BCUT2D eigenvalue weighted by Crippen LogP contribution is 2.24. The summed E-state index contributed by atoms with van der Waals surface area (Å²) in [5.74, 6) is -0.240. The number of carbonyl (C=O) groups is 2. The molecule has 10 nitrogen and oxygen atoms in total. The van der Waals surface area contributed by atoms with E-state index in [-0.39, 0.29) is 11.4 Å². The fourth-order valence-electron chi connectivity index (χ4n) is 3.52. The van der Waals surface area contributed by atoms with Gasteiger partial charge in [-0.3, -0.25) is 19.7 Å². The number of nitro benzene ring substituents is 1. The Kier molecular flexibility index (Phi) is 8.27. The Bertz CT molecular complexity index is 1520. The number of amides is 2. The van der Waals surface area contributed by atoms with Gasteiger partial charge in [-0.25, -0.2) is 5.43 Å². The molecule has 0 saturated carbocycles. The highest BCUT2D eigenvalue weighted by atomic mass is 16.6. The van der Waals surface area contributed by atoms with Gasteiger partial charge in [-0.1, -0.05) is 30.3 Å². The third kappa shape index (κ3) is 7.04. The molecule has 0 unspecified atom stereocenters. The molecule has 196 valence electrons. The lowest BCUT2D eigenvalue weighted by atomic mass is 10.1. The Balaban J connectivity index is 1.49. The van der Waals surface area contributed by atoms with Crippen LogP contribution in [0.15, 0.2) is 106 Å². The van der Waals surface area contributed by atoms with Crippen molar-refractivity contribution in [1.82, 2.24) is 10.7 Å². The molecule has 0 bridgehead atoms. The Morgan fingerprint density at radius 2 is 1.62 bits per heavy atom. The molecule has 39 heavy (non-hydrogen) atoms. The average molecular weight is 524 g/mol. The Hall–Kier alpha value is -5.51. The molecule has 0 fully saturated rings. The van der Waals surface area contributed by atoms with E-state index in [4.69, 9.17) is 4.42 Å². The lowest BCUT2D eigenvalue weighted by molar-refractivity contribution is -0.384. The number of furan rings is 1. The summed E-state index contributed by atoms with van der Waals surface area (Å²) in [6, 6.07) is 25.3. The van der Waals surface area contributed by atoms with Gasteiger partial charge in [-0.2, -0.15) is 5.10 Å². The van der Waals surface area contributed by atoms with Crippen LogP contribution in [0.4, 0.5) is 11.4 Å². The number of nitrogens with one attached hydrogen (secondary N) is 2. The lowest BCUT2D eigenvalue weighted by Crippen LogP contribution is -2.32. The topological polar surface area (TPSA) is 130 Å². The summed E-state index contributed by atoms with van der Waals surface area (Å²) in [6.07, 6.45) is 2.88. The van der Waals surface area contributed by atoms with E-state index in [9.17, 15) is 19.7 Å². The lowest BCUT2D eigenvalue weighted by Gasteiger charge is -2.12. The first kappa shape index (κ1) is 26.6. The quantitative estimate of drug-likeness (QED) is 0.140. The highest BCUT2D eigenvalue weighted by Gasteiger charge is 2.15. The molecule has 0 radical (unpaired) electrons. The zero-order chi connectivity index (χ0) is 27.8. The Morgan fingerprint density at radius 3 is 2.26 bits per heavy atom. The third-order valence-electron chi connectivity index (χ3n) is 5.60. The van der Waals surface area contributed by atoms with E-state index < -0.39 is 16.7 Å². The van der Waals surface area contributed by atoms with Gasteiger partial charge in [0.15, 0.2) is 0 Å². The molecule has 3 aromatic carbocycles. The molecule has 4 aromatic rings. The summed E-state index contributed by atoms with van der Waals surface area (Å²) in [5.41, 5.74) is 5.14. The number of hydrogen-bond acceptors (Lipinski definition) is 7. The zero-order valence-electron chi connectivity index (χ0n) is 21.2. The van der Waals surface area contributed by atoms with Crippen LogP contribution in [0.3, 0.4) is 0 Å². The molecule has 1 aromatic heterocycles. The fourth-order valence-corrected chi connectivity index (χ4v) is 3.52. The second kappa shape index (κ2) is 12.2. The van der Waals surface area contributed by atoms with Gasteiger partial charge in [0.25, 0.3) is 17.5 Å². The van der Waals surface area contributed by atoms with Crippen molar-refractivity contribution in [3.63, 3.8) is 0 Å². The van der Waals surface area contributed by atoms with Crippen LogP contribution in [0.25, 0.3) is 17.4 Å². The standard InChI is InChI=1S/C29H25N5O5/c1-33(2)23-12-8-20(9-13-23)18-26(31-28(35)22-6-4-3-5-7-22)29(36)32-30-19-25-16-17-27(39-25)21-10-14-24(15-11-21)34(37)38/h3-19H,1-2H3,(H,31,35)(H,32,36)/b26-18-,30-19+. The number of benzene rings is 3.